The molecule has 0 amide bonds. The summed E-state index contributed by atoms with van der Waals surface area (Å²) in [5.74, 6) is 0.417. The molecule has 6 N–H and O–H groups in total. The Hall–Kier alpha value is -3.82. The van der Waals surface area contributed by atoms with Gasteiger partial charge < -0.3 is 30.6 Å². The molecule has 10 nitrogen and oxygen atoms in total. The summed E-state index contributed by atoms with van der Waals surface area (Å²) >= 11 is 0. The van der Waals surface area contributed by atoms with Crippen molar-refractivity contribution in [2.45, 2.75) is 62.9 Å². The number of carboxylic acid groups (broad SMARTS) is 3. The summed E-state index contributed by atoms with van der Waals surface area (Å²) in [6.07, 6.45) is -1.25. The van der Waals surface area contributed by atoms with Gasteiger partial charge in [-0.2, -0.15) is 0 Å². The molecular formula is C29H34FNO9. The highest BCUT2D eigenvalue weighted by Gasteiger charge is 2.41. The molecule has 1 saturated heterocycles. The Morgan fingerprint density at radius 1 is 0.925 bits per heavy atom. The van der Waals surface area contributed by atoms with E-state index in [1.807, 2.05) is 24.3 Å². The fourth-order valence-corrected chi connectivity index (χ4v) is 4.08. The molecule has 1 fully saturated rings. The summed E-state index contributed by atoms with van der Waals surface area (Å²) in [5, 5.41) is 54.3. The van der Waals surface area contributed by atoms with Crippen LogP contribution in [0.5, 0.6) is 0 Å². The summed E-state index contributed by atoms with van der Waals surface area (Å²) < 4.78 is 14.0. The maximum Gasteiger partial charge on any atom is 0.336 e. The van der Waals surface area contributed by atoms with Gasteiger partial charge in [0.1, 0.15) is 11.4 Å². The lowest BCUT2D eigenvalue weighted by molar-refractivity contribution is -0.170. The summed E-state index contributed by atoms with van der Waals surface area (Å²) in [7, 11) is 0. The van der Waals surface area contributed by atoms with Crippen LogP contribution in [-0.4, -0.2) is 77.7 Å². The number of carbonyl (C=O) groups is 3. The van der Waals surface area contributed by atoms with Crippen molar-refractivity contribution in [3.8, 4) is 11.8 Å². The number of likely N-dealkylation sites (tertiary alicyclic amines) is 1. The molecule has 40 heavy (non-hydrogen) atoms. The quantitative estimate of drug-likeness (QED) is 0.263. The fraction of sp³-hybridized carbons (Fsp3) is 0.414. The predicted octanol–water partition coefficient (Wildman–Crippen LogP) is 2.18. The summed E-state index contributed by atoms with van der Waals surface area (Å²) in [4.78, 5) is 32.8. The number of rotatable bonds is 8. The minimum atomic E-state index is -2.74. The molecule has 2 aromatic carbocycles. The molecule has 0 saturated carbocycles. The van der Waals surface area contributed by atoms with E-state index in [4.69, 9.17) is 20.4 Å². The lowest BCUT2D eigenvalue weighted by Gasteiger charge is -2.38. The smallest absolute Gasteiger partial charge is 0.336 e. The van der Waals surface area contributed by atoms with Crippen LogP contribution in [0.1, 0.15) is 56.2 Å². The van der Waals surface area contributed by atoms with Crippen LogP contribution >= 0.6 is 0 Å². The highest BCUT2D eigenvalue weighted by Crippen LogP contribution is 2.34. The maximum absolute atomic E-state index is 14.0. The van der Waals surface area contributed by atoms with E-state index in [0.717, 1.165) is 12.1 Å². The first-order chi connectivity index (χ1) is 18.5. The van der Waals surface area contributed by atoms with Crippen molar-refractivity contribution in [3.05, 3.63) is 71.0 Å². The number of hydrogen-bond acceptors (Lipinski definition) is 7. The van der Waals surface area contributed by atoms with Gasteiger partial charge in [0.15, 0.2) is 5.60 Å². The van der Waals surface area contributed by atoms with Gasteiger partial charge in [-0.05, 0) is 50.5 Å². The molecule has 1 heterocycles. The van der Waals surface area contributed by atoms with E-state index in [1.165, 1.54) is 11.6 Å². The Labute approximate surface area is 231 Å². The van der Waals surface area contributed by atoms with Gasteiger partial charge in [-0.25, -0.2) is 9.18 Å². The number of nitrogens with zero attached hydrogens (tertiary/aromatic N) is 1. The third-order valence-corrected chi connectivity index (χ3v) is 6.22. The average Bonchev–Trinajstić information content (AvgIpc) is 2.84. The number of aliphatic carboxylic acids is 3. The molecule has 216 valence electrons. The van der Waals surface area contributed by atoms with Crippen molar-refractivity contribution in [3.63, 3.8) is 0 Å². The molecule has 2 aromatic rings. The van der Waals surface area contributed by atoms with Gasteiger partial charge in [0, 0.05) is 30.8 Å². The standard InChI is InChI=1S/C23H26FNO2.C6H8O7/c1-22(2,26)12-11-18-7-9-19(10-8-18)17-25-15-13-23(27,14-16-25)20-5-3-4-6-21(20)24;7-3(8)1-6(13,5(11)12)2-4(9)10/h3-10,26-27H,13-17H2,1-2H3;13H,1-2H2,(H,7,8)(H,9,10)(H,11,12). The van der Waals surface area contributed by atoms with Crippen LogP contribution in [0.25, 0.3) is 0 Å². The third-order valence-electron chi connectivity index (χ3n) is 6.22. The molecule has 0 bridgehead atoms. The molecule has 0 atom stereocenters. The molecule has 3 rings (SSSR count). The van der Waals surface area contributed by atoms with Crippen LogP contribution in [0.4, 0.5) is 4.39 Å². The second-order valence-corrected chi connectivity index (χ2v) is 10.3. The van der Waals surface area contributed by atoms with Gasteiger partial charge in [0.05, 0.1) is 18.4 Å². The number of hydrogen-bond donors (Lipinski definition) is 6. The highest BCUT2D eigenvalue weighted by atomic mass is 19.1. The van der Waals surface area contributed by atoms with Crippen molar-refractivity contribution in [2.75, 3.05) is 13.1 Å². The van der Waals surface area contributed by atoms with Gasteiger partial charge >= 0.3 is 17.9 Å². The van der Waals surface area contributed by atoms with E-state index in [0.29, 0.717) is 31.5 Å². The molecule has 0 spiro atoms. The Bertz CT molecular complexity index is 1230. The van der Waals surface area contributed by atoms with Crippen LogP contribution in [0.15, 0.2) is 48.5 Å². The molecule has 0 aliphatic carbocycles. The van der Waals surface area contributed by atoms with Crippen molar-refractivity contribution < 1.29 is 49.4 Å². The van der Waals surface area contributed by atoms with Crippen LogP contribution in [0.3, 0.4) is 0 Å². The summed E-state index contributed by atoms with van der Waals surface area (Å²) in [6.45, 7) is 5.53. The predicted molar refractivity (Wildman–Crippen MR) is 142 cm³/mol. The van der Waals surface area contributed by atoms with Crippen LogP contribution in [0, 0.1) is 17.7 Å². The number of halogens is 1. The Morgan fingerprint density at radius 3 is 1.90 bits per heavy atom. The van der Waals surface area contributed by atoms with Crippen molar-refractivity contribution in [1.82, 2.24) is 4.90 Å². The normalized spacial score (nSPS) is 15.2. The third kappa shape index (κ3) is 10.1. The Balaban J connectivity index is 0.000000366. The second-order valence-electron chi connectivity index (χ2n) is 10.3. The fourth-order valence-electron chi connectivity index (χ4n) is 4.08. The number of benzene rings is 2. The van der Waals surface area contributed by atoms with E-state index in [9.17, 15) is 29.0 Å². The molecule has 0 radical (unpaired) electrons. The van der Waals surface area contributed by atoms with Crippen LogP contribution in [0.2, 0.25) is 0 Å². The van der Waals surface area contributed by atoms with Crippen molar-refractivity contribution in [1.29, 1.82) is 0 Å². The van der Waals surface area contributed by atoms with Gasteiger partial charge in [-0.15, -0.1) is 0 Å². The molecule has 1 aliphatic rings. The summed E-state index contributed by atoms with van der Waals surface area (Å²) in [5.41, 5.74) is -2.38. The zero-order valence-electron chi connectivity index (χ0n) is 22.3. The minimum absolute atomic E-state index is 0.337. The van der Waals surface area contributed by atoms with E-state index in [-0.39, 0.29) is 5.82 Å². The van der Waals surface area contributed by atoms with Crippen LogP contribution in [-0.2, 0) is 26.5 Å². The Kier molecular flexibility index (Phi) is 10.9. The van der Waals surface area contributed by atoms with E-state index in [1.54, 1.807) is 32.0 Å². The lowest BCUT2D eigenvalue weighted by Crippen LogP contribution is -2.42. The number of carboxylic acids is 3. The maximum atomic E-state index is 14.0. The molecular weight excluding hydrogens is 525 g/mol. The van der Waals surface area contributed by atoms with E-state index >= 15 is 0 Å². The summed E-state index contributed by atoms with van der Waals surface area (Å²) in [6, 6.07) is 14.5. The number of piperidine rings is 1. The monoisotopic (exact) mass is 559 g/mol. The minimum Gasteiger partial charge on any atom is -0.481 e. The lowest BCUT2D eigenvalue weighted by atomic mass is 9.84. The van der Waals surface area contributed by atoms with Crippen LogP contribution < -0.4 is 0 Å². The molecule has 0 unspecified atom stereocenters. The molecule has 1 aliphatic heterocycles. The average molecular weight is 560 g/mol. The van der Waals surface area contributed by atoms with E-state index < -0.39 is 47.6 Å². The van der Waals surface area contributed by atoms with Crippen molar-refractivity contribution in [2.24, 2.45) is 0 Å². The largest absolute Gasteiger partial charge is 0.481 e. The first-order valence-corrected chi connectivity index (χ1v) is 12.5. The van der Waals surface area contributed by atoms with Crippen molar-refractivity contribution >= 4 is 17.9 Å². The zero-order valence-corrected chi connectivity index (χ0v) is 22.3. The second kappa shape index (κ2) is 13.5. The first kappa shape index (κ1) is 32.4. The van der Waals surface area contributed by atoms with E-state index in [2.05, 4.69) is 16.7 Å². The topological polar surface area (TPSA) is 176 Å². The molecule has 0 aromatic heterocycles. The van der Waals surface area contributed by atoms with Gasteiger partial charge in [-0.3, -0.25) is 14.5 Å². The zero-order chi connectivity index (χ0) is 30.1. The number of aliphatic hydroxyl groups is 3. The Morgan fingerprint density at radius 2 is 1.45 bits per heavy atom. The SMILES string of the molecule is CC(C)(O)C#Cc1ccc(CN2CCC(O)(c3ccccc3F)CC2)cc1.O=C(O)CC(O)(CC(=O)O)C(=O)O. The van der Waals surface area contributed by atoms with Gasteiger partial charge in [-0.1, -0.05) is 42.2 Å². The first-order valence-electron chi connectivity index (χ1n) is 12.5. The highest BCUT2D eigenvalue weighted by molar-refractivity contribution is 5.88. The van der Waals surface area contributed by atoms with Gasteiger partial charge in [0.25, 0.3) is 0 Å². The van der Waals surface area contributed by atoms with Gasteiger partial charge in [0.2, 0.25) is 0 Å². The molecule has 11 heteroatoms.